The molecule has 2 aromatic carbocycles. The van der Waals surface area contributed by atoms with Gasteiger partial charge in [0.05, 0.1) is 21.2 Å². The minimum absolute atomic E-state index is 0.0211. The molecular weight excluding hydrogens is 416 g/mol. The number of nitrogens with one attached hydrogen (secondary N) is 1. The molecule has 1 N–H and O–H groups in total. The average molecular weight is 426 g/mol. The third-order valence-corrected chi connectivity index (χ3v) is 4.46. The lowest BCUT2D eigenvalue weighted by Gasteiger charge is -2.24. The Balaban J connectivity index is 1.78. The molecule has 0 saturated heterocycles. The van der Waals surface area contributed by atoms with E-state index in [0.717, 1.165) is 10.5 Å². The number of cyclic esters (lactones) is 1. The summed E-state index contributed by atoms with van der Waals surface area (Å²) in [6.45, 7) is 0. The molecule has 25 heavy (non-hydrogen) atoms. The van der Waals surface area contributed by atoms with Crippen LogP contribution < -0.4 is 5.32 Å². The van der Waals surface area contributed by atoms with Gasteiger partial charge in [-0.2, -0.15) is 0 Å². The highest BCUT2D eigenvalue weighted by molar-refractivity contribution is 9.10. The van der Waals surface area contributed by atoms with Crippen molar-refractivity contribution >= 4 is 50.8 Å². The van der Waals surface area contributed by atoms with E-state index < -0.39 is 22.9 Å². The van der Waals surface area contributed by atoms with Crippen molar-refractivity contribution in [3.8, 4) is 0 Å². The molecule has 1 atom stereocenters. The summed E-state index contributed by atoms with van der Waals surface area (Å²) in [6, 6.07) is 8.79. The van der Waals surface area contributed by atoms with E-state index in [2.05, 4.69) is 21.2 Å². The molecule has 2 aromatic rings. The number of nitrogens with zero attached hydrogens (tertiary/aromatic N) is 1. The second-order valence-electron chi connectivity index (χ2n) is 5.31. The maximum absolute atomic E-state index is 12.4. The van der Waals surface area contributed by atoms with Crippen LogP contribution in [0.4, 0.5) is 11.4 Å². The molecule has 128 valence electrons. The fraction of sp³-hybridized carbons (Fsp3) is 0.125. The van der Waals surface area contributed by atoms with E-state index in [4.69, 9.17) is 16.3 Å². The summed E-state index contributed by atoms with van der Waals surface area (Å²) in [5.74, 6) is -1.14. The van der Waals surface area contributed by atoms with Crippen LogP contribution in [0.1, 0.15) is 15.9 Å². The Morgan fingerprint density at radius 1 is 1.32 bits per heavy atom. The Hall–Kier alpha value is -2.45. The quantitative estimate of drug-likeness (QED) is 0.459. The number of fused-ring (bicyclic) bond motifs is 1. The van der Waals surface area contributed by atoms with Crippen molar-refractivity contribution in [2.24, 2.45) is 0 Å². The Kier molecular flexibility index (Phi) is 4.73. The van der Waals surface area contributed by atoms with Crippen molar-refractivity contribution in [2.75, 3.05) is 5.32 Å². The molecule has 9 heteroatoms. The van der Waals surface area contributed by atoms with E-state index in [1.165, 1.54) is 12.1 Å². The predicted octanol–water partition coefficient (Wildman–Crippen LogP) is 3.73. The summed E-state index contributed by atoms with van der Waals surface area (Å²) >= 11 is 9.28. The predicted molar refractivity (Wildman–Crippen MR) is 93.8 cm³/mol. The smallest absolute Gasteiger partial charge is 0.339 e. The van der Waals surface area contributed by atoms with Crippen LogP contribution in [0.2, 0.25) is 5.02 Å². The van der Waals surface area contributed by atoms with Gasteiger partial charge >= 0.3 is 5.97 Å². The second kappa shape index (κ2) is 6.81. The van der Waals surface area contributed by atoms with Gasteiger partial charge in [-0.05, 0) is 29.8 Å². The van der Waals surface area contributed by atoms with Crippen LogP contribution in [0.15, 0.2) is 40.9 Å². The summed E-state index contributed by atoms with van der Waals surface area (Å²) in [5.41, 5.74) is 1.13. The highest BCUT2D eigenvalue weighted by Gasteiger charge is 2.31. The molecule has 1 aliphatic rings. The molecule has 3 rings (SSSR count). The number of carbonyl (C=O) groups is 2. The van der Waals surface area contributed by atoms with Gasteiger partial charge in [0.15, 0.2) is 6.10 Å². The van der Waals surface area contributed by atoms with Crippen molar-refractivity contribution in [2.45, 2.75) is 12.5 Å². The average Bonchev–Trinajstić information content (AvgIpc) is 2.55. The van der Waals surface area contributed by atoms with Crippen LogP contribution in [-0.4, -0.2) is 22.9 Å². The third kappa shape index (κ3) is 3.64. The van der Waals surface area contributed by atoms with Crippen molar-refractivity contribution < 1.29 is 19.2 Å². The zero-order chi connectivity index (χ0) is 18.1. The first-order chi connectivity index (χ1) is 11.8. The molecule has 0 radical (unpaired) electrons. The van der Waals surface area contributed by atoms with Gasteiger partial charge in [-0.25, -0.2) is 4.79 Å². The molecule has 1 heterocycles. The van der Waals surface area contributed by atoms with Gasteiger partial charge < -0.3 is 10.1 Å². The van der Waals surface area contributed by atoms with Crippen LogP contribution in [0.3, 0.4) is 0 Å². The van der Waals surface area contributed by atoms with Crippen molar-refractivity contribution in [1.82, 2.24) is 0 Å². The number of hydrogen-bond acceptors (Lipinski definition) is 5. The Bertz CT molecular complexity index is 902. The first-order valence-corrected chi connectivity index (χ1v) is 8.26. The molecular formula is C16H10BrClN2O5. The number of ether oxygens (including phenoxy) is 1. The van der Waals surface area contributed by atoms with Gasteiger partial charge in [-0.3, -0.25) is 14.9 Å². The number of halogens is 2. The molecule has 0 saturated carbocycles. The monoisotopic (exact) mass is 424 g/mol. The molecule has 0 aromatic heterocycles. The Morgan fingerprint density at radius 3 is 2.76 bits per heavy atom. The summed E-state index contributed by atoms with van der Waals surface area (Å²) < 4.78 is 5.96. The van der Waals surface area contributed by atoms with Gasteiger partial charge in [-0.1, -0.05) is 27.5 Å². The van der Waals surface area contributed by atoms with Gasteiger partial charge in [-0.15, -0.1) is 0 Å². The van der Waals surface area contributed by atoms with E-state index in [1.54, 1.807) is 18.2 Å². The van der Waals surface area contributed by atoms with Gasteiger partial charge in [0.2, 0.25) is 0 Å². The van der Waals surface area contributed by atoms with Gasteiger partial charge in [0, 0.05) is 23.0 Å². The maximum atomic E-state index is 12.4. The van der Waals surface area contributed by atoms with Crippen molar-refractivity contribution in [3.63, 3.8) is 0 Å². The normalized spacial score (nSPS) is 15.9. The van der Waals surface area contributed by atoms with E-state index >= 15 is 0 Å². The van der Waals surface area contributed by atoms with Crippen LogP contribution >= 0.6 is 27.5 Å². The molecule has 7 nitrogen and oxygen atoms in total. The lowest BCUT2D eigenvalue weighted by molar-refractivity contribution is -0.384. The highest BCUT2D eigenvalue weighted by Crippen LogP contribution is 2.28. The van der Waals surface area contributed by atoms with Crippen LogP contribution in [0, 0.1) is 10.1 Å². The number of nitro groups is 1. The summed E-state index contributed by atoms with van der Waals surface area (Å²) in [5, 5.41) is 13.3. The molecule has 1 unspecified atom stereocenters. The number of rotatable bonds is 3. The number of carbonyl (C=O) groups excluding carboxylic acids is 2. The van der Waals surface area contributed by atoms with E-state index in [0.29, 0.717) is 11.1 Å². The molecule has 1 aliphatic heterocycles. The Morgan fingerprint density at radius 2 is 2.08 bits per heavy atom. The van der Waals surface area contributed by atoms with Gasteiger partial charge in [0.25, 0.3) is 11.6 Å². The fourth-order valence-electron chi connectivity index (χ4n) is 2.44. The number of benzene rings is 2. The maximum Gasteiger partial charge on any atom is 0.339 e. The second-order valence-corrected chi connectivity index (χ2v) is 6.63. The minimum Gasteiger partial charge on any atom is -0.448 e. The standard InChI is InChI=1S/C16H10BrClN2O5/c17-9-1-3-11-8(5-9)6-14(25-16(11)22)15(21)19-13-4-2-10(20(23)24)7-12(13)18/h1-5,7,14H,6H2,(H,19,21). The first kappa shape index (κ1) is 17.4. The molecule has 0 spiro atoms. The molecule has 0 aliphatic carbocycles. The molecule has 0 bridgehead atoms. The van der Waals surface area contributed by atoms with E-state index in [9.17, 15) is 19.7 Å². The zero-order valence-corrected chi connectivity index (χ0v) is 14.8. The number of hydrogen-bond donors (Lipinski definition) is 1. The van der Waals surface area contributed by atoms with E-state index in [-0.39, 0.29) is 22.8 Å². The van der Waals surface area contributed by atoms with Crippen LogP contribution in [0.5, 0.6) is 0 Å². The van der Waals surface area contributed by atoms with Crippen LogP contribution in [-0.2, 0) is 16.0 Å². The number of anilines is 1. The number of nitro benzene ring substituents is 1. The SMILES string of the molecule is O=C1OC(C(=O)Nc2ccc([N+](=O)[O-])cc2Cl)Cc2cc(Br)ccc21. The molecule has 1 amide bonds. The topological polar surface area (TPSA) is 98.5 Å². The largest absolute Gasteiger partial charge is 0.448 e. The van der Waals surface area contributed by atoms with Crippen LogP contribution in [0.25, 0.3) is 0 Å². The summed E-state index contributed by atoms with van der Waals surface area (Å²) in [7, 11) is 0. The number of esters is 1. The number of amides is 1. The Labute approximate surface area is 155 Å². The van der Waals surface area contributed by atoms with Gasteiger partial charge in [0.1, 0.15) is 0 Å². The first-order valence-electron chi connectivity index (χ1n) is 7.09. The third-order valence-electron chi connectivity index (χ3n) is 3.66. The van der Waals surface area contributed by atoms with Crippen molar-refractivity contribution in [3.05, 3.63) is 67.1 Å². The highest BCUT2D eigenvalue weighted by atomic mass is 79.9. The zero-order valence-electron chi connectivity index (χ0n) is 12.5. The molecule has 0 fully saturated rings. The number of non-ortho nitro benzene ring substituents is 1. The lowest BCUT2D eigenvalue weighted by Crippen LogP contribution is -2.38. The summed E-state index contributed by atoms with van der Waals surface area (Å²) in [4.78, 5) is 34.5. The minimum atomic E-state index is -1.01. The lowest BCUT2D eigenvalue weighted by atomic mass is 9.98. The fourth-order valence-corrected chi connectivity index (χ4v) is 3.07. The summed E-state index contributed by atoms with van der Waals surface area (Å²) in [6.07, 6.45) is -0.794. The van der Waals surface area contributed by atoms with E-state index in [1.807, 2.05) is 0 Å². The van der Waals surface area contributed by atoms with Crippen molar-refractivity contribution in [1.29, 1.82) is 0 Å².